The van der Waals surface area contributed by atoms with Crippen LogP contribution in [-0.4, -0.2) is 11.0 Å². The van der Waals surface area contributed by atoms with E-state index in [9.17, 15) is 0 Å². The molecule has 3 N–H and O–H groups in total. The number of rotatable bonds is 3. The number of hydrogen-bond donors (Lipinski definition) is 2. The minimum atomic E-state index is 0.324. The Labute approximate surface area is 109 Å². The van der Waals surface area contributed by atoms with Crippen LogP contribution in [0.15, 0.2) is 30.5 Å². The largest absolute Gasteiger partial charge is 0.361 e. The standard InChI is InChI=1S/C16H22N2/c17-15(12-6-2-1-3-7-12)10-13-11-18-16-9-5-4-8-14(13)16/h4-5,8-9,11-12,15,18H,1-3,6-7,10,17H2/t15-/m1/s1. The second-order valence-corrected chi connectivity index (χ2v) is 5.63. The van der Waals surface area contributed by atoms with Gasteiger partial charge in [-0.25, -0.2) is 0 Å². The second kappa shape index (κ2) is 5.15. The zero-order chi connectivity index (χ0) is 12.4. The summed E-state index contributed by atoms with van der Waals surface area (Å²) in [6, 6.07) is 8.82. The van der Waals surface area contributed by atoms with Gasteiger partial charge >= 0.3 is 0 Å². The summed E-state index contributed by atoms with van der Waals surface area (Å²) in [6.07, 6.45) is 9.92. The van der Waals surface area contributed by atoms with Gasteiger partial charge in [0.1, 0.15) is 0 Å². The maximum absolute atomic E-state index is 6.42. The van der Waals surface area contributed by atoms with Gasteiger partial charge in [-0.15, -0.1) is 0 Å². The molecule has 1 heterocycles. The lowest BCUT2D eigenvalue weighted by atomic mass is 9.82. The number of hydrogen-bond acceptors (Lipinski definition) is 1. The van der Waals surface area contributed by atoms with E-state index in [1.807, 2.05) is 0 Å². The Bertz CT molecular complexity index is 509. The molecule has 96 valence electrons. The van der Waals surface area contributed by atoms with Crippen LogP contribution >= 0.6 is 0 Å². The van der Waals surface area contributed by atoms with Gasteiger partial charge in [0.05, 0.1) is 0 Å². The van der Waals surface area contributed by atoms with Gasteiger partial charge in [-0.1, -0.05) is 37.5 Å². The summed E-state index contributed by atoms with van der Waals surface area (Å²) in [7, 11) is 0. The van der Waals surface area contributed by atoms with Gasteiger partial charge in [-0.05, 0) is 36.8 Å². The summed E-state index contributed by atoms with van der Waals surface area (Å²) in [5, 5.41) is 1.34. The average molecular weight is 242 g/mol. The van der Waals surface area contributed by atoms with Gasteiger partial charge < -0.3 is 10.7 Å². The van der Waals surface area contributed by atoms with Crippen molar-refractivity contribution in [2.24, 2.45) is 11.7 Å². The van der Waals surface area contributed by atoms with E-state index >= 15 is 0 Å². The topological polar surface area (TPSA) is 41.8 Å². The lowest BCUT2D eigenvalue weighted by Crippen LogP contribution is -2.33. The molecule has 0 saturated heterocycles. The van der Waals surface area contributed by atoms with E-state index < -0.39 is 0 Å². The second-order valence-electron chi connectivity index (χ2n) is 5.63. The third-order valence-electron chi connectivity index (χ3n) is 4.39. The smallest absolute Gasteiger partial charge is 0.0456 e. The monoisotopic (exact) mass is 242 g/mol. The molecule has 0 bridgehead atoms. The maximum Gasteiger partial charge on any atom is 0.0456 e. The Morgan fingerprint density at radius 1 is 1.17 bits per heavy atom. The van der Waals surface area contributed by atoms with Crippen LogP contribution in [0.5, 0.6) is 0 Å². The quantitative estimate of drug-likeness (QED) is 0.848. The summed E-state index contributed by atoms with van der Waals surface area (Å²) in [4.78, 5) is 3.34. The van der Waals surface area contributed by atoms with E-state index in [-0.39, 0.29) is 0 Å². The van der Waals surface area contributed by atoms with Crippen LogP contribution in [0.2, 0.25) is 0 Å². The molecule has 1 aromatic heterocycles. The summed E-state index contributed by atoms with van der Waals surface area (Å²) >= 11 is 0. The number of fused-ring (bicyclic) bond motifs is 1. The van der Waals surface area contributed by atoms with Gasteiger partial charge in [0.2, 0.25) is 0 Å². The highest BCUT2D eigenvalue weighted by molar-refractivity contribution is 5.83. The summed E-state index contributed by atoms with van der Waals surface area (Å²) in [6.45, 7) is 0. The van der Waals surface area contributed by atoms with E-state index in [2.05, 4.69) is 35.4 Å². The molecule has 2 aromatic rings. The van der Waals surface area contributed by atoms with Crippen LogP contribution in [-0.2, 0) is 6.42 Å². The van der Waals surface area contributed by atoms with E-state index in [4.69, 9.17) is 5.73 Å². The number of aromatic amines is 1. The fourth-order valence-electron chi connectivity index (χ4n) is 3.28. The molecule has 0 spiro atoms. The Morgan fingerprint density at radius 2 is 1.94 bits per heavy atom. The molecular weight excluding hydrogens is 220 g/mol. The SMILES string of the molecule is N[C@H](Cc1c[nH]c2ccccc12)C1CCCCC1. The highest BCUT2D eigenvalue weighted by Crippen LogP contribution is 2.28. The molecule has 1 aromatic carbocycles. The van der Waals surface area contributed by atoms with Gasteiger partial charge in [-0.3, -0.25) is 0 Å². The fourth-order valence-corrected chi connectivity index (χ4v) is 3.28. The van der Waals surface area contributed by atoms with Crippen molar-refractivity contribution in [3.8, 4) is 0 Å². The van der Waals surface area contributed by atoms with Crippen LogP contribution in [0.4, 0.5) is 0 Å². The lowest BCUT2D eigenvalue weighted by Gasteiger charge is -2.27. The van der Waals surface area contributed by atoms with Crippen LogP contribution in [0.25, 0.3) is 10.9 Å². The molecule has 1 aliphatic carbocycles. The first-order chi connectivity index (χ1) is 8.84. The number of nitrogens with two attached hydrogens (primary N) is 1. The molecule has 0 amide bonds. The predicted molar refractivity (Wildman–Crippen MR) is 76.6 cm³/mol. The van der Waals surface area contributed by atoms with Crippen molar-refractivity contribution in [2.75, 3.05) is 0 Å². The Kier molecular flexibility index (Phi) is 3.37. The predicted octanol–water partition coefficient (Wildman–Crippen LogP) is 3.62. The average Bonchev–Trinajstić information content (AvgIpc) is 2.83. The molecule has 1 fully saturated rings. The van der Waals surface area contributed by atoms with E-state index in [0.29, 0.717) is 6.04 Å². The normalized spacial score (nSPS) is 19.2. The zero-order valence-corrected chi connectivity index (χ0v) is 10.9. The first-order valence-electron chi connectivity index (χ1n) is 7.15. The van der Waals surface area contributed by atoms with E-state index in [0.717, 1.165) is 12.3 Å². The highest BCUT2D eigenvalue weighted by atomic mass is 14.7. The summed E-state index contributed by atoms with van der Waals surface area (Å²) in [5.41, 5.74) is 9.02. The van der Waals surface area contributed by atoms with Crippen molar-refractivity contribution in [1.82, 2.24) is 4.98 Å². The third kappa shape index (κ3) is 2.30. The molecule has 0 radical (unpaired) electrons. The number of para-hydroxylation sites is 1. The van der Waals surface area contributed by atoms with Gasteiger partial charge in [0, 0.05) is 23.1 Å². The molecule has 1 saturated carbocycles. The molecule has 3 rings (SSSR count). The van der Waals surface area contributed by atoms with Crippen molar-refractivity contribution in [2.45, 2.75) is 44.6 Å². The Morgan fingerprint density at radius 3 is 2.78 bits per heavy atom. The zero-order valence-electron chi connectivity index (χ0n) is 10.9. The van der Waals surface area contributed by atoms with Crippen molar-refractivity contribution < 1.29 is 0 Å². The summed E-state index contributed by atoms with van der Waals surface area (Å²) in [5.74, 6) is 0.729. The number of H-pyrrole nitrogens is 1. The van der Waals surface area contributed by atoms with Crippen LogP contribution in [0, 0.1) is 5.92 Å². The maximum atomic E-state index is 6.42. The third-order valence-corrected chi connectivity index (χ3v) is 4.39. The Hall–Kier alpha value is -1.28. The fraction of sp³-hybridized carbons (Fsp3) is 0.500. The van der Waals surface area contributed by atoms with E-state index in [1.165, 1.54) is 48.6 Å². The molecule has 18 heavy (non-hydrogen) atoms. The van der Waals surface area contributed by atoms with Crippen LogP contribution < -0.4 is 5.73 Å². The molecule has 2 heteroatoms. The Balaban J connectivity index is 1.75. The number of nitrogens with one attached hydrogen (secondary N) is 1. The summed E-state index contributed by atoms with van der Waals surface area (Å²) < 4.78 is 0. The molecule has 0 aliphatic heterocycles. The van der Waals surface area contributed by atoms with Gasteiger partial charge in [0.25, 0.3) is 0 Å². The van der Waals surface area contributed by atoms with Crippen molar-refractivity contribution in [3.05, 3.63) is 36.0 Å². The number of aromatic nitrogens is 1. The molecule has 1 atom stereocenters. The molecular formula is C16H22N2. The van der Waals surface area contributed by atoms with Crippen LogP contribution in [0.3, 0.4) is 0 Å². The van der Waals surface area contributed by atoms with Crippen molar-refractivity contribution in [3.63, 3.8) is 0 Å². The van der Waals surface area contributed by atoms with Gasteiger partial charge in [-0.2, -0.15) is 0 Å². The number of benzene rings is 1. The minimum absolute atomic E-state index is 0.324. The molecule has 0 unspecified atom stereocenters. The first-order valence-corrected chi connectivity index (χ1v) is 7.15. The van der Waals surface area contributed by atoms with Crippen molar-refractivity contribution >= 4 is 10.9 Å². The van der Waals surface area contributed by atoms with Gasteiger partial charge in [0.15, 0.2) is 0 Å². The van der Waals surface area contributed by atoms with Crippen LogP contribution in [0.1, 0.15) is 37.7 Å². The molecule has 2 nitrogen and oxygen atoms in total. The highest BCUT2D eigenvalue weighted by Gasteiger charge is 2.21. The molecule has 1 aliphatic rings. The minimum Gasteiger partial charge on any atom is -0.361 e. The first kappa shape index (κ1) is 11.8. The van der Waals surface area contributed by atoms with E-state index in [1.54, 1.807) is 0 Å². The van der Waals surface area contributed by atoms with Crippen molar-refractivity contribution in [1.29, 1.82) is 0 Å². The lowest BCUT2D eigenvalue weighted by molar-refractivity contribution is 0.303.